The predicted molar refractivity (Wildman–Crippen MR) is 141 cm³/mol. The maximum Gasteiger partial charge on any atom is 0.272 e. The van der Waals surface area contributed by atoms with Crippen LogP contribution >= 0.6 is 0 Å². The lowest BCUT2D eigenvalue weighted by molar-refractivity contribution is 0.0934. The molecule has 0 aliphatic heterocycles. The number of hydrogen-bond donors (Lipinski definition) is 4. The Balaban J connectivity index is 0.000000201. The molecule has 186 valence electrons. The molecular weight excluding hydrogens is 454 g/mol. The number of nitriles is 1. The zero-order valence-electron chi connectivity index (χ0n) is 20.3. The predicted octanol–water partition coefficient (Wildman–Crippen LogP) is 3.28. The molecule has 1 amide bonds. The van der Waals surface area contributed by atoms with Gasteiger partial charge in [0, 0.05) is 31.6 Å². The standard InChI is InChI=1S/C14H15N3O.C13H16N4O/c15-7-8-17(16)9-11-5-6-12(10-18)14-4-2-1-3-13(11)14;1-15-11-6-5-10(7-14)17-12(11)13(18)16-8-9-3-2-4-9/h1-8,10H,9,15-16H2;5-6,9,15H,2-4,8H2,1H3,(H,16,18)/b8-7-;. The Morgan fingerprint density at radius 2 is 1.94 bits per heavy atom. The van der Waals surface area contributed by atoms with Crippen molar-refractivity contribution < 1.29 is 9.59 Å². The lowest BCUT2D eigenvalue weighted by Gasteiger charge is -2.25. The summed E-state index contributed by atoms with van der Waals surface area (Å²) in [5, 5.41) is 18.1. The van der Waals surface area contributed by atoms with Crippen molar-refractivity contribution in [2.45, 2.75) is 25.8 Å². The van der Waals surface area contributed by atoms with Crippen LogP contribution in [0.3, 0.4) is 0 Å². The first-order valence-electron chi connectivity index (χ1n) is 11.7. The van der Waals surface area contributed by atoms with Crippen LogP contribution in [0, 0.1) is 17.2 Å². The number of rotatable bonds is 8. The van der Waals surface area contributed by atoms with Gasteiger partial charge >= 0.3 is 0 Å². The maximum atomic E-state index is 12.0. The smallest absolute Gasteiger partial charge is 0.272 e. The molecule has 1 aliphatic rings. The minimum absolute atomic E-state index is 0.219. The summed E-state index contributed by atoms with van der Waals surface area (Å²) in [4.78, 5) is 27.1. The zero-order valence-corrected chi connectivity index (χ0v) is 20.3. The Morgan fingerprint density at radius 1 is 1.19 bits per heavy atom. The van der Waals surface area contributed by atoms with E-state index in [0.29, 0.717) is 30.3 Å². The molecule has 1 heterocycles. The summed E-state index contributed by atoms with van der Waals surface area (Å²) in [5.41, 5.74) is 8.21. The van der Waals surface area contributed by atoms with Gasteiger partial charge in [-0.1, -0.05) is 42.8 Å². The monoisotopic (exact) mass is 485 g/mol. The Labute approximate surface area is 210 Å². The Bertz CT molecular complexity index is 1280. The van der Waals surface area contributed by atoms with E-state index in [1.165, 1.54) is 30.5 Å². The molecule has 3 aromatic rings. The summed E-state index contributed by atoms with van der Waals surface area (Å²) in [7, 11) is 1.73. The molecule has 0 unspecified atom stereocenters. The van der Waals surface area contributed by atoms with Crippen LogP contribution in [0.25, 0.3) is 10.8 Å². The number of carbonyl (C=O) groups excluding carboxylic acids is 2. The second-order valence-electron chi connectivity index (χ2n) is 8.45. The number of pyridine rings is 1. The number of nitrogens with zero attached hydrogens (tertiary/aromatic N) is 3. The third-order valence-corrected chi connectivity index (χ3v) is 6.08. The number of benzene rings is 2. The van der Waals surface area contributed by atoms with E-state index in [2.05, 4.69) is 15.6 Å². The molecule has 4 rings (SSSR count). The lowest BCUT2D eigenvalue weighted by Crippen LogP contribution is -2.33. The number of fused-ring (bicyclic) bond motifs is 1. The molecule has 2 aromatic carbocycles. The second kappa shape index (κ2) is 12.9. The van der Waals surface area contributed by atoms with E-state index in [9.17, 15) is 9.59 Å². The molecule has 1 aromatic heterocycles. The molecular formula is C27H31N7O2. The number of hydrazine groups is 1. The second-order valence-corrected chi connectivity index (χ2v) is 8.45. The Hall–Kier alpha value is -4.42. The summed E-state index contributed by atoms with van der Waals surface area (Å²) < 4.78 is 0. The van der Waals surface area contributed by atoms with Crippen molar-refractivity contribution >= 4 is 28.7 Å². The first-order chi connectivity index (χ1) is 17.5. The number of aromatic nitrogens is 1. The maximum absolute atomic E-state index is 12.0. The Morgan fingerprint density at radius 3 is 2.56 bits per heavy atom. The minimum Gasteiger partial charge on any atom is -0.403 e. The van der Waals surface area contributed by atoms with Gasteiger partial charge in [-0.15, -0.1) is 0 Å². The van der Waals surface area contributed by atoms with Gasteiger partial charge < -0.3 is 21.4 Å². The average molecular weight is 486 g/mol. The fraction of sp³-hybridized carbons (Fsp3) is 0.259. The van der Waals surface area contributed by atoms with Crippen LogP contribution < -0.4 is 22.2 Å². The molecule has 1 aliphatic carbocycles. The van der Waals surface area contributed by atoms with Crippen molar-refractivity contribution in [3.8, 4) is 6.07 Å². The molecule has 0 radical (unpaired) electrons. The topological polar surface area (TPSA) is 150 Å². The van der Waals surface area contributed by atoms with E-state index in [-0.39, 0.29) is 17.3 Å². The highest BCUT2D eigenvalue weighted by molar-refractivity contribution is 5.99. The van der Waals surface area contributed by atoms with Crippen LogP contribution in [0.2, 0.25) is 0 Å². The van der Waals surface area contributed by atoms with Crippen LogP contribution in [0.4, 0.5) is 5.69 Å². The number of carbonyl (C=O) groups is 2. The van der Waals surface area contributed by atoms with Gasteiger partial charge in [0.2, 0.25) is 0 Å². The average Bonchev–Trinajstić information content (AvgIpc) is 2.88. The van der Waals surface area contributed by atoms with Gasteiger partial charge in [-0.2, -0.15) is 5.26 Å². The van der Waals surface area contributed by atoms with E-state index in [0.717, 1.165) is 22.6 Å². The zero-order chi connectivity index (χ0) is 25.9. The first kappa shape index (κ1) is 26.2. The van der Waals surface area contributed by atoms with Crippen molar-refractivity contribution in [1.29, 1.82) is 5.26 Å². The molecule has 36 heavy (non-hydrogen) atoms. The lowest BCUT2D eigenvalue weighted by atomic mass is 9.85. The number of nitrogens with two attached hydrogens (primary N) is 2. The van der Waals surface area contributed by atoms with Gasteiger partial charge in [-0.05, 0) is 47.2 Å². The van der Waals surface area contributed by atoms with Gasteiger partial charge in [-0.25, -0.2) is 10.8 Å². The molecule has 9 heteroatoms. The van der Waals surface area contributed by atoms with Gasteiger partial charge in [0.05, 0.1) is 12.2 Å². The van der Waals surface area contributed by atoms with E-state index in [1.54, 1.807) is 25.4 Å². The normalized spacial score (nSPS) is 12.7. The number of anilines is 1. The van der Waals surface area contributed by atoms with Crippen LogP contribution in [-0.2, 0) is 6.54 Å². The largest absolute Gasteiger partial charge is 0.403 e. The molecule has 9 nitrogen and oxygen atoms in total. The van der Waals surface area contributed by atoms with Crippen molar-refractivity contribution in [2.24, 2.45) is 17.5 Å². The van der Waals surface area contributed by atoms with Crippen LogP contribution in [0.5, 0.6) is 0 Å². The number of amides is 1. The molecule has 0 atom stereocenters. The van der Waals surface area contributed by atoms with Gasteiger partial charge in [-0.3, -0.25) is 9.59 Å². The van der Waals surface area contributed by atoms with E-state index in [4.69, 9.17) is 16.8 Å². The molecule has 0 bridgehead atoms. The summed E-state index contributed by atoms with van der Waals surface area (Å²) >= 11 is 0. The highest BCUT2D eigenvalue weighted by atomic mass is 16.1. The third kappa shape index (κ3) is 6.58. The van der Waals surface area contributed by atoms with Crippen molar-refractivity contribution in [1.82, 2.24) is 15.3 Å². The van der Waals surface area contributed by atoms with Crippen molar-refractivity contribution in [3.05, 3.63) is 83.4 Å². The van der Waals surface area contributed by atoms with Crippen molar-refractivity contribution in [3.63, 3.8) is 0 Å². The van der Waals surface area contributed by atoms with Crippen LogP contribution in [-0.4, -0.2) is 35.8 Å². The highest BCUT2D eigenvalue weighted by Gasteiger charge is 2.20. The minimum atomic E-state index is -0.219. The quantitative estimate of drug-likeness (QED) is 0.216. The van der Waals surface area contributed by atoms with Gasteiger partial charge in [0.15, 0.2) is 12.0 Å². The number of nitrogens with one attached hydrogen (secondary N) is 2. The fourth-order valence-corrected chi connectivity index (χ4v) is 3.90. The Kier molecular flexibility index (Phi) is 9.37. The fourth-order valence-electron chi connectivity index (χ4n) is 3.90. The highest BCUT2D eigenvalue weighted by Crippen LogP contribution is 2.25. The van der Waals surface area contributed by atoms with Crippen molar-refractivity contribution in [2.75, 3.05) is 18.9 Å². The molecule has 6 N–H and O–H groups in total. The van der Waals surface area contributed by atoms with Gasteiger partial charge in [0.1, 0.15) is 11.8 Å². The summed E-state index contributed by atoms with van der Waals surface area (Å²) in [6.45, 7) is 1.23. The molecule has 1 saturated carbocycles. The first-order valence-corrected chi connectivity index (χ1v) is 11.7. The number of hydrogen-bond acceptors (Lipinski definition) is 8. The number of aldehydes is 1. The van der Waals surface area contributed by atoms with Crippen LogP contribution in [0.15, 0.2) is 60.9 Å². The SMILES string of the molecule is CNc1ccc(C#N)nc1C(=O)NCC1CCC1.N/C=C\N(N)Cc1ccc(C=O)c2ccccc12. The van der Waals surface area contributed by atoms with Crippen LogP contribution in [0.1, 0.15) is 51.4 Å². The van der Waals surface area contributed by atoms with E-state index < -0.39 is 0 Å². The van der Waals surface area contributed by atoms with E-state index >= 15 is 0 Å². The third-order valence-electron chi connectivity index (χ3n) is 6.08. The summed E-state index contributed by atoms with van der Waals surface area (Å²) in [5.74, 6) is 6.16. The molecule has 0 saturated heterocycles. The van der Waals surface area contributed by atoms with Gasteiger partial charge in [0.25, 0.3) is 5.91 Å². The molecule has 1 fully saturated rings. The van der Waals surface area contributed by atoms with E-state index in [1.807, 2.05) is 42.5 Å². The molecule has 0 spiro atoms. The summed E-state index contributed by atoms with van der Waals surface area (Å²) in [6.07, 6.45) is 7.48. The summed E-state index contributed by atoms with van der Waals surface area (Å²) in [6, 6.07) is 16.7.